The van der Waals surface area contributed by atoms with Gasteiger partial charge in [-0.3, -0.25) is 9.69 Å². The van der Waals surface area contributed by atoms with E-state index in [1.807, 2.05) is 54.2 Å². The molecule has 1 amide bonds. The van der Waals surface area contributed by atoms with Crippen molar-refractivity contribution in [2.75, 3.05) is 52.3 Å². The summed E-state index contributed by atoms with van der Waals surface area (Å²) in [6, 6.07) is 10.9. The Morgan fingerprint density at radius 1 is 1.03 bits per heavy atom. The molecular formula is C27H27F3N6O2. The number of nitrogens with zero attached hydrogens (tertiary/aromatic N) is 6. The Hall–Kier alpha value is -4.12. The molecule has 0 aliphatic carbocycles. The maximum atomic E-state index is 14.1. The second-order valence-corrected chi connectivity index (χ2v) is 9.35. The van der Waals surface area contributed by atoms with Gasteiger partial charge in [0.25, 0.3) is 5.91 Å². The van der Waals surface area contributed by atoms with E-state index in [1.54, 1.807) is 16.5 Å². The van der Waals surface area contributed by atoms with Crippen LogP contribution in [-0.4, -0.2) is 77.7 Å². The lowest BCUT2D eigenvalue weighted by atomic mass is 10.1. The molecule has 4 aromatic rings. The number of methoxy groups -OCH3 is 1. The summed E-state index contributed by atoms with van der Waals surface area (Å²) in [7, 11) is 5.39. The highest BCUT2D eigenvalue weighted by Crippen LogP contribution is 2.27. The molecule has 3 heterocycles. The van der Waals surface area contributed by atoms with Gasteiger partial charge in [-0.2, -0.15) is 9.61 Å². The SMILES string of the molecule is COc1ccc(-c2cc(N(C)C)n3ncc(C(=O)N4CCN(Cc5cc(F)cc(F)c5F)CC4)c3n2)cc1. The van der Waals surface area contributed by atoms with E-state index in [9.17, 15) is 18.0 Å². The number of hydrogen-bond donors (Lipinski definition) is 0. The number of amides is 1. The summed E-state index contributed by atoms with van der Waals surface area (Å²) in [5.74, 6) is -1.81. The van der Waals surface area contributed by atoms with Crippen LogP contribution >= 0.6 is 0 Å². The molecule has 8 nitrogen and oxygen atoms in total. The van der Waals surface area contributed by atoms with Crippen molar-refractivity contribution in [1.82, 2.24) is 24.4 Å². The molecule has 1 fully saturated rings. The van der Waals surface area contributed by atoms with E-state index in [-0.39, 0.29) is 18.0 Å². The molecule has 0 saturated carbocycles. The minimum Gasteiger partial charge on any atom is -0.497 e. The summed E-state index contributed by atoms with van der Waals surface area (Å²) in [4.78, 5) is 23.7. The summed E-state index contributed by atoms with van der Waals surface area (Å²) >= 11 is 0. The molecule has 5 rings (SSSR count). The first-order valence-electron chi connectivity index (χ1n) is 12.1. The van der Waals surface area contributed by atoms with Gasteiger partial charge in [0.2, 0.25) is 0 Å². The lowest BCUT2D eigenvalue weighted by molar-refractivity contribution is 0.0628. The van der Waals surface area contributed by atoms with Gasteiger partial charge in [-0.05, 0) is 30.3 Å². The number of benzene rings is 2. The van der Waals surface area contributed by atoms with E-state index < -0.39 is 17.5 Å². The first-order chi connectivity index (χ1) is 18.2. The Morgan fingerprint density at radius 3 is 2.39 bits per heavy atom. The van der Waals surface area contributed by atoms with Gasteiger partial charge < -0.3 is 14.5 Å². The molecule has 38 heavy (non-hydrogen) atoms. The first kappa shape index (κ1) is 25.5. The second-order valence-electron chi connectivity index (χ2n) is 9.35. The molecule has 0 radical (unpaired) electrons. The standard InChI is InChI=1S/C27H27F3N6O2/c1-33(2)24-14-23(17-4-6-20(38-3)7-5-17)32-26-21(15-31-36(24)26)27(37)35-10-8-34(9-11-35)16-18-12-19(28)13-22(29)25(18)30/h4-7,12-15H,8-11,16H2,1-3H3. The Kier molecular flexibility index (Phi) is 6.94. The molecule has 1 aliphatic rings. The van der Waals surface area contributed by atoms with Gasteiger partial charge in [0.1, 0.15) is 22.9 Å². The smallest absolute Gasteiger partial charge is 0.259 e. The highest BCUT2D eigenvalue weighted by Gasteiger charge is 2.27. The minimum absolute atomic E-state index is 0.0450. The van der Waals surface area contributed by atoms with E-state index >= 15 is 0 Å². The van der Waals surface area contributed by atoms with Gasteiger partial charge in [0.15, 0.2) is 17.3 Å². The first-order valence-corrected chi connectivity index (χ1v) is 12.1. The zero-order chi connectivity index (χ0) is 27.0. The molecule has 0 atom stereocenters. The number of carbonyl (C=O) groups is 1. The van der Waals surface area contributed by atoms with E-state index in [0.29, 0.717) is 49.1 Å². The molecule has 11 heteroatoms. The Balaban J connectivity index is 1.37. The number of aromatic nitrogens is 3. The summed E-state index contributed by atoms with van der Waals surface area (Å²) in [6.07, 6.45) is 1.52. The monoisotopic (exact) mass is 524 g/mol. The third kappa shape index (κ3) is 4.89. The van der Waals surface area contributed by atoms with E-state index in [4.69, 9.17) is 9.72 Å². The van der Waals surface area contributed by atoms with Gasteiger partial charge in [0, 0.05) is 70.1 Å². The summed E-state index contributed by atoms with van der Waals surface area (Å²) in [6.45, 7) is 1.65. The fraction of sp³-hybridized carbons (Fsp3) is 0.296. The minimum atomic E-state index is -1.21. The molecule has 2 aromatic heterocycles. The van der Waals surface area contributed by atoms with Gasteiger partial charge in [-0.15, -0.1) is 0 Å². The Bertz CT molecular complexity index is 1480. The molecule has 0 unspecified atom stereocenters. The molecule has 1 saturated heterocycles. The van der Waals surface area contributed by atoms with Crippen LogP contribution in [0.4, 0.5) is 19.0 Å². The predicted molar refractivity (Wildman–Crippen MR) is 137 cm³/mol. The van der Waals surface area contributed by atoms with Gasteiger partial charge >= 0.3 is 0 Å². The number of fused-ring (bicyclic) bond motifs is 1. The van der Waals surface area contributed by atoms with Crippen LogP contribution in [0.2, 0.25) is 0 Å². The highest BCUT2D eigenvalue weighted by atomic mass is 19.2. The summed E-state index contributed by atoms with van der Waals surface area (Å²) < 4.78 is 48.1. The van der Waals surface area contributed by atoms with Crippen molar-refractivity contribution < 1.29 is 22.7 Å². The van der Waals surface area contributed by atoms with Gasteiger partial charge in [-0.1, -0.05) is 0 Å². The van der Waals surface area contributed by atoms with Crippen molar-refractivity contribution in [2.24, 2.45) is 0 Å². The molecule has 198 valence electrons. The second kappa shape index (κ2) is 10.3. The van der Waals surface area contributed by atoms with Crippen molar-refractivity contribution in [1.29, 1.82) is 0 Å². The Labute approximate surface area is 217 Å². The van der Waals surface area contributed by atoms with Crippen molar-refractivity contribution in [3.8, 4) is 17.0 Å². The van der Waals surface area contributed by atoms with Gasteiger partial charge in [-0.25, -0.2) is 18.2 Å². The fourth-order valence-electron chi connectivity index (χ4n) is 4.57. The largest absolute Gasteiger partial charge is 0.497 e. The normalized spacial score (nSPS) is 14.2. The number of carbonyl (C=O) groups excluding carboxylic acids is 1. The zero-order valence-electron chi connectivity index (χ0n) is 21.3. The molecule has 1 aliphatic heterocycles. The average molecular weight is 525 g/mol. The van der Waals surface area contributed by atoms with Crippen LogP contribution in [-0.2, 0) is 6.54 Å². The van der Waals surface area contributed by atoms with Crippen LogP contribution in [0.5, 0.6) is 5.75 Å². The molecule has 2 aromatic carbocycles. The highest BCUT2D eigenvalue weighted by molar-refractivity contribution is 6.00. The maximum absolute atomic E-state index is 14.1. The van der Waals surface area contributed by atoms with Crippen molar-refractivity contribution in [2.45, 2.75) is 6.54 Å². The third-order valence-corrected chi connectivity index (χ3v) is 6.65. The van der Waals surface area contributed by atoms with Gasteiger partial charge in [0.05, 0.1) is 19.0 Å². The molecule has 0 bridgehead atoms. The van der Waals surface area contributed by atoms with Crippen LogP contribution in [0.15, 0.2) is 48.7 Å². The topological polar surface area (TPSA) is 66.2 Å². The van der Waals surface area contributed by atoms with Crippen LogP contribution in [0.3, 0.4) is 0 Å². The number of ether oxygens (including phenoxy) is 1. The van der Waals surface area contributed by atoms with E-state index in [0.717, 1.165) is 23.2 Å². The van der Waals surface area contributed by atoms with Crippen molar-refractivity contribution in [3.05, 3.63) is 77.2 Å². The fourth-order valence-corrected chi connectivity index (χ4v) is 4.57. The molecule has 0 N–H and O–H groups in total. The number of hydrogen-bond acceptors (Lipinski definition) is 6. The zero-order valence-corrected chi connectivity index (χ0v) is 21.3. The molecular weight excluding hydrogens is 497 g/mol. The lowest BCUT2D eigenvalue weighted by Crippen LogP contribution is -2.48. The third-order valence-electron chi connectivity index (χ3n) is 6.65. The number of piperazine rings is 1. The molecule has 0 spiro atoms. The van der Waals surface area contributed by atoms with Crippen molar-refractivity contribution >= 4 is 17.4 Å². The number of rotatable bonds is 6. The van der Waals surface area contributed by atoms with Crippen LogP contribution in [0.1, 0.15) is 15.9 Å². The predicted octanol–water partition coefficient (Wildman–Crippen LogP) is 3.85. The average Bonchev–Trinajstić information content (AvgIpc) is 3.35. The maximum Gasteiger partial charge on any atom is 0.259 e. The number of halogens is 3. The van der Waals surface area contributed by atoms with E-state index in [2.05, 4.69) is 5.10 Å². The van der Waals surface area contributed by atoms with E-state index in [1.165, 1.54) is 6.20 Å². The quantitative estimate of drug-likeness (QED) is 0.357. The van der Waals surface area contributed by atoms with Crippen LogP contribution in [0, 0.1) is 17.5 Å². The van der Waals surface area contributed by atoms with Crippen LogP contribution < -0.4 is 9.64 Å². The lowest BCUT2D eigenvalue weighted by Gasteiger charge is -2.34. The summed E-state index contributed by atoms with van der Waals surface area (Å²) in [5.41, 5.74) is 2.32. The number of anilines is 1. The summed E-state index contributed by atoms with van der Waals surface area (Å²) in [5, 5.41) is 4.44. The van der Waals surface area contributed by atoms with Crippen LogP contribution in [0.25, 0.3) is 16.9 Å². The Morgan fingerprint density at radius 2 is 1.74 bits per heavy atom. The van der Waals surface area contributed by atoms with Crippen molar-refractivity contribution in [3.63, 3.8) is 0 Å².